The summed E-state index contributed by atoms with van der Waals surface area (Å²) in [6.45, 7) is 9.05. The number of amides is 1. The predicted molar refractivity (Wildman–Crippen MR) is 87.9 cm³/mol. The Labute approximate surface area is 135 Å². The Morgan fingerprint density at radius 3 is 2.26 bits per heavy atom. The van der Waals surface area contributed by atoms with E-state index in [4.69, 9.17) is 0 Å². The second-order valence-electron chi connectivity index (χ2n) is 7.10. The van der Waals surface area contributed by atoms with E-state index in [1.807, 2.05) is 6.92 Å². The molecule has 7 heteroatoms. The number of nitro benzene ring substituents is 1. The smallest absolute Gasteiger partial charge is 0.407 e. The van der Waals surface area contributed by atoms with Crippen LogP contribution in [0.1, 0.15) is 27.7 Å². The molecule has 0 spiro atoms. The SMILES string of the molecule is CC1CN(C(=O)O)CC(C(C)(C)C)N1c1ccc([N+](=O)[O-])cc1. The van der Waals surface area contributed by atoms with Gasteiger partial charge in [-0.3, -0.25) is 10.1 Å². The number of rotatable bonds is 2. The van der Waals surface area contributed by atoms with Gasteiger partial charge in [-0.2, -0.15) is 0 Å². The molecule has 2 rings (SSSR count). The van der Waals surface area contributed by atoms with Gasteiger partial charge in [-0.1, -0.05) is 20.8 Å². The van der Waals surface area contributed by atoms with E-state index in [1.54, 1.807) is 12.1 Å². The summed E-state index contributed by atoms with van der Waals surface area (Å²) in [6, 6.07) is 6.44. The first-order valence-electron chi connectivity index (χ1n) is 7.62. The quantitative estimate of drug-likeness (QED) is 0.667. The first-order valence-corrected chi connectivity index (χ1v) is 7.62. The molecule has 2 atom stereocenters. The van der Waals surface area contributed by atoms with Gasteiger partial charge in [0.15, 0.2) is 0 Å². The maximum Gasteiger partial charge on any atom is 0.407 e. The van der Waals surface area contributed by atoms with Gasteiger partial charge in [0.1, 0.15) is 0 Å². The normalized spacial score (nSPS) is 22.1. The minimum atomic E-state index is -0.908. The number of nitro groups is 1. The molecule has 1 heterocycles. The second-order valence-corrected chi connectivity index (χ2v) is 7.10. The lowest BCUT2D eigenvalue weighted by atomic mass is 9.82. The zero-order valence-electron chi connectivity index (χ0n) is 13.9. The van der Waals surface area contributed by atoms with Gasteiger partial charge in [0.05, 0.1) is 11.0 Å². The lowest BCUT2D eigenvalue weighted by Crippen LogP contribution is -2.63. The number of hydrogen-bond donors (Lipinski definition) is 1. The van der Waals surface area contributed by atoms with E-state index in [-0.39, 0.29) is 23.2 Å². The average Bonchev–Trinajstić information content (AvgIpc) is 2.45. The van der Waals surface area contributed by atoms with Crippen LogP contribution in [0.3, 0.4) is 0 Å². The number of hydrogen-bond acceptors (Lipinski definition) is 4. The fourth-order valence-corrected chi connectivity index (χ4v) is 3.11. The molecule has 0 bridgehead atoms. The minimum absolute atomic E-state index is 0.00877. The van der Waals surface area contributed by atoms with Gasteiger partial charge in [-0.15, -0.1) is 0 Å². The summed E-state index contributed by atoms with van der Waals surface area (Å²) < 4.78 is 0. The van der Waals surface area contributed by atoms with E-state index in [0.29, 0.717) is 13.1 Å². The Morgan fingerprint density at radius 1 is 1.26 bits per heavy atom. The third kappa shape index (κ3) is 3.55. The van der Waals surface area contributed by atoms with Crippen molar-refractivity contribution in [2.75, 3.05) is 18.0 Å². The molecule has 1 aliphatic rings. The van der Waals surface area contributed by atoms with Crippen molar-refractivity contribution in [3.8, 4) is 0 Å². The molecule has 0 radical (unpaired) electrons. The number of non-ortho nitro benzene ring substituents is 1. The maximum atomic E-state index is 11.4. The zero-order valence-corrected chi connectivity index (χ0v) is 13.9. The summed E-state index contributed by atoms with van der Waals surface area (Å²) in [6.07, 6.45) is -0.908. The van der Waals surface area contributed by atoms with Gasteiger partial charge in [0.25, 0.3) is 5.69 Å². The van der Waals surface area contributed by atoms with E-state index < -0.39 is 11.0 Å². The molecule has 1 amide bonds. The van der Waals surface area contributed by atoms with Crippen LogP contribution in [0.4, 0.5) is 16.2 Å². The fraction of sp³-hybridized carbons (Fsp3) is 0.562. The molecule has 2 unspecified atom stereocenters. The summed E-state index contributed by atoms with van der Waals surface area (Å²) in [5.41, 5.74) is 0.801. The maximum absolute atomic E-state index is 11.4. The van der Waals surface area contributed by atoms with E-state index in [0.717, 1.165) is 5.69 Å². The van der Waals surface area contributed by atoms with E-state index in [2.05, 4.69) is 25.7 Å². The first-order chi connectivity index (χ1) is 10.6. The molecule has 0 aliphatic carbocycles. The number of carbonyl (C=O) groups is 1. The zero-order chi connectivity index (χ0) is 17.4. The predicted octanol–water partition coefficient (Wildman–Crippen LogP) is 3.20. The Kier molecular flexibility index (Phi) is 4.49. The van der Waals surface area contributed by atoms with Crippen molar-refractivity contribution >= 4 is 17.5 Å². The lowest BCUT2D eigenvalue weighted by Gasteiger charge is -2.51. The Balaban J connectivity index is 2.37. The highest BCUT2D eigenvalue weighted by Gasteiger charge is 2.40. The van der Waals surface area contributed by atoms with Crippen LogP contribution in [0, 0.1) is 15.5 Å². The highest BCUT2D eigenvalue weighted by atomic mass is 16.6. The van der Waals surface area contributed by atoms with Gasteiger partial charge in [0.2, 0.25) is 0 Å². The summed E-state index contributed by atoms with van der Waals surface area (Å²) >= 11 is 0. The number of anilines is 1. The summed E-state index contributed by atoms with van der Waals surface area (Å²) in [5, 5.41) is 20.1. The van der Waals surface area contributed by atoms with Crippen molar-refractivity contribution in [1.82, 2.24) is 4.90 Å². The third-order valence-corrected chi connectivity index (χ3v) is 4.32. The van der Waals surface area contributed by atoms with Crippen LogP contribution < -0.4 is 4.90 Å². The van der Waals surface area contributed by atoms with Crippen LogP contribution in [0.5, 0.6) is 0 Å². The van der Waals surface area contributed by atoms with E-state index >= 15 is 0 Å². The minimum Gasteiger partial charge on any atom is -0.465 e. The number of carboxylic acid groups (broad SMARTS) is 1. The largest absolute Gasteiger partial charge is 0.465 e. The van der Waals surface area contributed by atoms with Gasteiger partial charge < -0.3 is 14.9 Å². The van der Waals surface area contributed by atoms with Crippen LogP contribution in [-0.4, -0.2) is 46.2 Å². The molecule has 126 valence electrons. The monoisotopic (exact) mass is 321 g/mol. The van der Waals surface area contributed by atoms with Crippen molar-refractivity contribution in [2.45, 2.75) is 39.8 Å². The van der Waals surface area contributed by atoms with Crippen molar-refractivity contribution < 1.29 is 14.8 Å². The average molecular weight is 321 g/mol. The van der Waals surface area contributed by atoms with Gasteiger partial charge in [0, 0.05) is 37.0 Å². The summed E-state index contributed by atoms with van der Waals surface area (Å²) in [7, 11) is 0. The Hall–Kier alpha value is -2.31. The van der Waals surface area contributed by atoms with Gasteiger partial charge in [-0.25, -0.2) is 4.79 Å². The first kappa shape index (κ1) is 17.1. The molecule has 1 aromatic carbocycles. The van der Waals surface area contributed by atoms with Crippen LogP contribution >= 0.6 is 0 Å². The molecule has 1 aliphatic heterocycles. The highest BCUT2D eigenvalue weighted by Crippen LogP contribution is 2.34. The molecule has 0 saturated carbocycles. The molecular formula is C16H23N3O4. The van der Waals surface area contributed by atoms with Crippen molar-refractivity contribution in [1.29, 1.82) is 0 Å². The molecular weight excluding hydrogens is 298 g/mol. The second kappa shape index (κ2) is 6.06. The summed E-state index contributed by atoms with van der Waals surface area (Å²) in [4.78, 5) is 25.4. The summed E-state index contributed by atoms with van der Waals surface area (Å²) in [5.74, 6) is 0. The van der Waals surface area contributed by atoms with Crippen molar-refractivity contribution in [3.05, 3.63) is 34.4 Å². The number of nitrogens with zero attached hydrogens (tertiary/aromatic N) is 3. The number of piperazine rings is 1. The van der Waals surface area contributed by atoms with Gasteiger partial charge >= 0.3 is 6.09 Å². The van der Waals surface area contributed by atoms with Crippen LogP contribution in [0.25, 0.3) is 0 Å². The highest BCUT2D eigenvalue weighted by molar-refractivity contribution is 5.66. The molecule has 7 nitrogen and oxygen atoms in total. The molecule has 1 fully saturated rings. The number of benzene rings is 1. The van der Waals surface area contributed by atoms with E-state index in [1.165, 1.54) is 17.0 Å². The molecule has 1 aromatic rings. The fourth-order valence-electron chi connectivity index (χ4n) is 3.11. The molecule has 0 aromatic heterocycles. The van der Waals surface area contributed by atoms with Crippen molar-refractivity contribution in [2.24, 2.45) is 5.41 Å². The Morgan fingerprint density at radius 2 is 1.83 bits per heavy atom. The lowest BCUT2D eigenvalue weighted by molar-refractivity contribution is -0.384. The van der Waals surface area contributed by atoms with Crippen LogP contribution in [0.15, 0.2) is 24.3 Å². The molecule has 23 heavy (non-hydrogen) atoms. The van der Waals surface area contributed by atoms with Crippen LogP contribution in [-0.2, 0) is 0 Å². The Bertz CT molecular complexity index is 594. The standard InChI is InChI=1S/C16H23N3O4/c1-11-9-17(15(20)21)10-14(16(2,3)4)18(11)12-5-7-13(8-6-12)19(22)23/h5-8,11,14H,9-10H2,1-4H3,(H,20,21). The topological polar surface area (TPSA) is 86.9 Å². The van der Waals surface area contributed by atoms with Crippen molar-refractivity contribution in [3.63, 3.8) is 0 Å². The van der Waals surface area contributed by atoms with E-state index in [9.17, 15) is 20.0 Å². The third-order valence-electron chi connectivity index (χ3n) is 4.32. The molecule has 1 N–H and O–H groups in total. The van der Waals surface area contributed by atoms with Crippen LogP contribution in [0.2, 0.25) is 0 Å². The van der Waals surface area contributed by atoms with Gasteiger partial charge in [-0.05, 0) is 24.5 Å². The molecule has 1 saturated heterocycles.